The number of carboxylic acids is 1. The second kappa shape index (κ2) is 7.31. The first kappa shape index (κ1) is 16.9. The number of benzene rings is 2. The van der Waals surface area contributed by atoms with Crippen LogP contribution >= 0.6 is 0 Å². The summed E-state index contributed by atoms with van der Waals surface area (Å²) in [6, 6.07) is 13.2. The summed E-state index contributed by atoms with van der Waals surface area (Å²) in [5, 5.41) is 19.0. The van der Waals surface area contributed by atoms with Crippen LogP contribution in [0.2, 0.25) is 0 Å². The molecule has 0 saturated heterocycles. The molecule has 0 bridgehead atoms. The number of hydrogen-bond acceptors (Lipinski definition) is 6. The fraction of sp³-hybridized carbons (Fsp3) is 0. The van der Waals surface area contributed by atoms with Gasteiger partial charge in [-0.3, -0.25) is 4.79 Å². The molecule has 26 heavy (non-hydrogen) atoms. The molecule has 1 amide bonds. The van der Waals surface area contributed by atoms with Crippen LogP contribution in [0.3, 0.4) is 0 Å². The van der Waals surface area contributed by atoms with E-state index in [1.54, 1.807) is 42.5 Å². The maximum Gasteiger partial charge on any atom is 0.337 e. The van der Waals surface area contributed by atoms with Gasteiger partial charge in [0.05, 0.1) is 11.3 Å². The second-order valence-corrected chi connectivity index (χ2v) is 5.24. The van der Waals surface area contributed by atoms with Gasteiger partial charge in [0, 0.05) is 11.6 Å². The van der Waals surface area contributed by atoms with Crippen LogP contribution in [0, 0.1) is 0 Å². The third-order valence-corrected chi connectivity index (χ3v) is 3.44. The summed E-state index contributed by atoms with van der Waals surface area (Å²) in [4.78, 5) is 23.2. The van der Waals surface area contributed by atoms with Crippen molar-refractivity contribution in [3.63, 3.8) is 0 Å². The minimum Gasteiger partial charge on any atom is -0.478 e. The Morgan fingerprint density at radius 1 is 1.08 bits per heavy atom. The zero-order chi connectivity index (χ0) is 18.5. The van der Waals surface area contributed by atoms with Crippen molar-refractivity contribution in [1.82, 2.24) is 10.2 Å². The number of para-hydroxylation sites is 1. The Bertz CT molecular complexity index is 977. The van der Waals surface area contributed by atoms with Crippen molar-refractivity contribution in [2.24, 2.45) is 0 Å². The van der Waals surface area contributed by atoms with Crippen molar-refractivity contribution < 1.29 is 19.1 Å². The summed E-state index contributed by atoms with van der Waals surface area (Å²) in [6.45, 7) is 0. The molecule has 3 rings (SSSR count). The molecule has 0 fully saturated rings. The lowest BCUT2D eigenvalue weighted by Gasteiger charge is -2.05. The predicted octanol–water partition coefficient (Wildman–Crippen LogP) is 2.67. The van der Waals surface area contributed by atoms with E-state index in [2.05, 4.69) is 15.5 Å². The number of carbonyl (C=O) groups excluding carboxylic acids is 1. The van der Waals surface area contributed by atoms with Crippen LogP contribution < -0.4 is 11.1 Å². The van der Waals surface area contributed by atoms with Crippen molar-refractivity contribution in [1.29, 1.82) is 0 Å². The van der Waals surface area contributed by atoms with Gasteiger partial charge in [-0.1, -0.05) is 29.4 Å². The Morgan fingerprint density at radius 2 is 1.81 bits per heavy atom. The van der Waals surface area contributed by atoms with Gasteiger partial charge in [0.2, 0.25) is 11.8 Å². The molecule has 0 spiro atoms. The summed E-state index contributed by atoms with van der Waals surface area (Å²) in [5.41, 5.74) is 7.11. The number of nitrogens with two attached hydrogens (primary N) is 1. The van der Waals surface area contributed by atoms with Crippen molar-refractivity contribution in [3.05, 3.63) is 65.7 Å². The van der Waals surface area contributed by atoms with E-state index >= 15 is 0 Å². The molecule has 0 unspecified atom stereocenters. The third kappa shape index (κ3) is 3.93. The van der Waals surface area contributed by atoms with E-state index in [4.69, 9.17) is 15.3 Å². The van der Waals surface area contributed by atoms with Gasteiger partial charge in [0.15, 0.2) is 0 Å². The van der Waals surface area contributed by atoms with Gasteiger partial charge in [-0.05, 0) is 35.9 Å². The summed E-state index contributed by atoms with van der Waals surface area (Å²) < 4.78 is 5.13. The Hall–Kier alpha value is -3.94. The van der Waals surface area contributed by atoms with Crippen molar-refractivity contribution in [2.45, 2.75) is 0 Å². The number of amides is 1. The molecular formula is C18H14N4O4. The van der Waals surface area contributed by atoms with Gasteiger partial charge in [0.1, 0.15) is 0 Å². The highest BCUT2D eigenvalue weighted by Gasteiger charge is 2.10. The van der Waals surface area contributed by atoms with Crippen LogP contribution in [0.25, 0.3) is 17.5 Å². The summed E-state index contributed by atoms with van der Waals surface area (Å²) in [5.74, 6) is -1.24. The molecule has 1 aromatic heterocycles. The van der Waals surface area contributed by atoms with Gasteiger partial charge >= 0.3 is 12.0 Å². The number of anilines is 2. The summed E-state index contributed by atoms with van der Waals surface area (Å²) in [7, 11) is 0. The highest BCUT2D eigenvalue weighted by atomic mass is 16.4. The maximum atomic E-state index is 12.0. The number of carboxylic acid groups (broad SMARTS) is 1. The zero-order valence-electron chi connectivity index (χ0n) is 13.4. The van der Waals surface area contributed by atoms with E-state index in [0.29, 0.717) is 11.5 Å². The Labute approximate surface area is 148 Å². The normalized spacial score (nSPS) is 10.8. The number of aromatic carboxylic acids is 1. The van der Waals surface area contributed by atoms with Gasteiger partial charge < -0.3 is 20.6 Å². The van der Waals surface area contributed by atoms with Crippen LogP contribution in [-0.2, 0) is 4.79 Å². The van der Waals surface area contributed by atoms with Crippen LogP contribution in [-0.4, -0.2) is 27.2 Å². The van der Waals surface area contributed by atoms with Crippen molar-refractivity contribution in [2.75, 3.05) is 11.1 Å². The fourth-order valence-electron chi connectivity index (χ4n) is 2.21. The average molecular weight is 350 g/mol. The van der Waals surface area contributed by atoms with Crippen molar-refractivity contribution in [3.8, 4) is 11.5 Å². The number of nitrogens with one attached hydrogen (secondary N) is 1. The molecule has 8 heteroatoms. The standard InChI is InChI=1S/C18H14N4O4/c19-18-22-21-16(26-18)12-8-5-11(6-9-12)7-10-15(23)20-14-4-2-1-3-13(14)17(24)25/h1-10H,(H2,19,22)(H,20,23)(H,24,25)/b10-7+. The quantitative estimate of drug-likeness (QED) is 0.603. The van der Waals surface area contributed by atoms with E-state index in [1.165, 1.54) is 18.2 Å². The molecule has 0 atom stereocenters. The van der Waals surface area contributed by atoms with E-state index in [0.717, 1.165) is 5.56 Å². The van der Waals surface area contributed by atoms with Crippen LogP contribution in [0.4, 0.5) is 11.7 Å². The van der Waals surface area contributed by atoms with Gasteiger partial charge in [-0.25, -0.2) is 4.79 Å². The average Bonchev–Trinajstić information content (AvgIpc) is 3.07. The van der Waals surface area contributed by atoms with Gasteiger partial charge in [0.25, 0.3) is 0 Å². The van der Waals surface area contributed by atoms with Crippen LogP contribution in [0.15, 0.2) is 59.0 Å². The maximum absolute atomic E-state index is 12.0. The lowest BCUT2D eigenvalue weighted by atomic mass is 10.1. The summed E-state index contributed by atoms with van der Waals surface area (Å²) in [6.07, 6.45) is 2.92. The first-order valence-corrected chi connectivity index (χ1v) is 7.54. The third-order valence-electron chi connectivity index (χ3n) is 3.44. The molecule has 4 N–H and O–H groups in total. The van der Waals surface area contributed by atoms with E-state index in [9.17, 15) is 9.59 Å². The smallest absolute Gasteiger partial charge is 0.337 e. The van der Waals surface area contributed by atoms with Crippen LogP contribution in [0.5, 0.6) is 0 Å². The molecular weight excluding hydrogens is 336 g/mol. The highest BCUT2D eigenvalue weighted by molar-refractivity contribution is 6.06. The molecule has 3 aromatic rings. The summed E-state index contributed by atoms with van der Waals surface area (Å²) >= 11 is 0. The monoisotopic (exact) mass is 350 g/mol. The number of rotatable bonds is 5. The SMILES string of the molecule is Nc1nnc(-c2ccc(/C=C/C(=O)Nc3ccccc3C(=O)O)cc2)o1. The number of hydrogen-bond donors (Lipinski definition) is 3. The first-order chi connectivity index (χ1) is 12.5. The molecule has 0 aliphatic heterocycles. The Morgan fingerprint density at radius 3 is 2.46 bits per heavy atom. The molecule has 130 valence electrons. The Kier molecular flexibility index (Phi) is 4.75. The molecule has 2 aromatic carbocycles. The molecule has 8 nitrogen and oxygen atoms in total. The number of nitrogen functional groups attached to an aromatic ring is 1. The molecule has 1 heterocycles. The second-order valence-electron chi connectivity index (χ2n) is 5.24. The zero-order valence-corrected chi connectivity index (χ0v) is 13.4. The predicted molar refractivity (Wildman–Crippen MR) is 95.2 cm³/mol. The minimum atomic E-state index is -1.11. The van der Waals surface area contributed by atoms with Gasteiger partial charge in [-0.2, -0.15) is 0 Å². The van der Waals surface area contributed by atoms with Gasteiger partial charge in [-0.15, -0.1) is 5.10 Å². The minimum absolute atomic E-state index is 0.0118. The van der Waals surface area contributed by atoms with E-state index in [1.807, 2.05) is 0 Å². The topological polar surface area (TPSA) is 131 Å². The van der Waals surface area contributed by atoms with Crippen LogP contribution in [0.1, 0.15) is 15.9 Å². The molecule has 0 radical (unpaired) electrons. The largest absolute Gasteiger partial charge is 0.478 e. The van der Waals surface area contributed by atoms with E-state index in [-0.39, 0.29) is 17.3 Å². The molecule has 0 aliphatic rings. The van der Waals surface area contributed by atoms with E-state index < -0.39 is 11.9 Å². The highest BCUT2D eigenvalue weighted by Crippen LogP contribution is 2.19. The molecule has 0 aliphatic carbocycles. The molecule has 0 saturated carbocycles. The Balaban J connectivity index is 1.68. The lowest BCUT2D eigenvalue weighted by molar-refractivity contribution is -0.111. The number of nitrogens with zero attached hydrogens (tertiary/aromatic N) is 2. The van der Waals surface area contributed by atoms with Crippen molar-refractivity contribution >= 4 is 29.7 Å². The first-order valence-electron chi connectivity index (χ1n) is 7.54. The number of carbonyl (C=O) groups is 2. The fourth-order valence-corrected chi connectivity index (χ4v) is 2.21. The number of aromatic nitrogens is 2. The lowest BCUT2D eigenvalue weighted by Crippen LogP contribution is -2.11.